The summed E-state index contributed by atoms with van der Waals surface area (Å²) in [4.78, 5) is 0. The fourth-order valence-corrected chi connectivity index (χ4v) is 1.70. The molecule has 102 valence electrons. The van der Waals surface area contributed by atoms with Crippen molar-refractivity contribution in [2.45, 2.75) is 20.0 Å². The fourth-order valence-electron chi connectivity index (χ4n) is 1.70. The molecule has 6 heteroatoms. The van der Waals surface area contributed by atoms with Crippen molar-refractivity contribution in [1.82, 2.24) is 5.16 Å². The van der Waals surface area contributed by atoms with Gasteiger partial charge in [-0.05, 0) is 19.9 Å². The van der Waals surface area contributed by atoms with Crippen LogP contribution >= 0.6 is 0 Å². The Morgan fingerprint density at radius 1 is 1.26 bits per heavy atom. The number of benzene rings is 1. The Morgan fingerprint density at radius 3 is 2.53 bits per heavy atom. The zero-order chi connectivity index (χ0) is 14.0. The maximum Gasteiger partial charge on any atom is 0.230 e. The number of hydrogen-bond donors (Lipinski definition) is 1. The minimum Gasteiger partial charge on any atom is -0.493 e. The van der Waals surface area contributed by atoms with E-state index in [0.29, 0.717) is 17.1 Å². The summed E-state index contributed by atoms with van der Waals surface area (Å²) in [7, 11) is 1.45. The highest BCUT2D eigenvalue weighted by atomic mass is 19.1. The van der Waals surface area contributed by atoms with E-state index in [2.05, 4.69) is 5.16 Å². The quantitative estimate of drug-likeness (QED) is 0.921. The number of halogens is 1. The number of ether oxygens (including phenoxy) is 2. The Kier molecular flexibility index (Phi) is 3.59. The topological polar surface area (TPSA) is 70.5 Å². The van der Waals surface area contributed by atoms with Crippen LogP contribution in [0, 0.1) is 5.82 Å². The Labute approximate surface area is 110 Å². The first-order chi connectivity index (χ1) is 9.02. The molecule has 1 heterocycles. The first kappa shape index (κ1) is 13.2. The van der Waals surface area contributed by atoms with Crippen molar-refractivity contribution in [1.29, 1.82) is 0 Å². The molecule has 1 aromatic carbocycles. The van der Waals surface area contributed by atoms with Gasteiger partial charge in [-0.25, -0.2) is 4.39 Å². The van der Waals surface area contributed by atoms with E-state index < -0.39 is 5.82 Å². The molecule has 1 aromatic heterocycles. The number of aromatic nitrogens is 1. The van der Waals surface area contributed by atoms with Gasteiger partial charge in [-0.15, -0.1) is 0 Å². The van der Waals surface area contributed by atoms with Gasteiger partial charge in [-0.3, -0.25) is 0 Å². The third-order valence-corrected chi connectivity index (χ3v) is 2.50. The Morgan fingerprint density at radius 2 is 2.00 bits per heavy atom. The fraction of sp³-hybridized carbons (Fsp3) is 0.308. The number of nitrogen functional groups attached to an aromatic ring is 1. The lowest BCUT2D eigenvalue weighted by atomic mass is 10.1. The molecule has 2 N–H and O–H groups in total. The number of nitrogens with two attached hydrogens (primary N) is 1. The van der Waals surface area contributed by atoms with Crippen LogP contribution in [0.3, 0.4) is 0 Å². The van der Waals surface area contributed by atoms with Gasteiger partial charge in [0.1, 0.15) is 5.82 Å². The Hall–Kier alpha value is -2.24. The third kappa shape index (κ3) is 2.62. The van der Waals surface area contributed by atoms with Crippen molar-refractivity contribution < 1.29 is 18.4 Å². The summed E-state index contributed by atoms with van der Waals surface area (Å²) in [6, 6.07) is 2.77. The van der Waals surface area contributed by atoms with E-state index in [1.807, 2.05) is 13.8 Å². The summed E-state index contributed by atoms with van der Waals surface area (Å²) in [5.41, 5.74) is 6.24. The van der Waals surface area contributed by atoms with Crippen LogP contribution in [-0.2, 0) is 0 Å². The van der Waals surface area contributed by atoms with Crippen LogP contribution in [0.25, 0.3) is 11.1 Å². The van der Waals surface area contributed by atoms with E-state index in [1.165, 1.54) is 25.4 Å². The van der Waals surface area contributed by atoms with Crippen molar-refractivity contribution in [2.24, 2.45) is 0 Å². The zero-order valence-corrected chi connectivity index (χ0v) is 10.9. The molecule has 5 nitrogen and oxygen atoms in total. The Bertz CT molecular complexity index is 581. The summed E-state index contributed by atoms with van der Waals surface area (Å²) in [5.74, 6) is 0.335. The van der Waals surface area contributed by atoms with E-state index in [4.69, 9.17) is 19.7 Å². The van der Waals surface area contributed by atoms with Crippen molar-refractivity contribution in [3.63, 3.8) is 0 Å². The molecular weight excluding hydrogens is 251 g/mol. The molecule has 0 unspecified atom stereocenters. The van der Waals surface area contributed by atoms with Crippen LogP contribution in [-0.4, -0.2) is 18.4 Å². The minimum absolute atomic E-state index is 0.0552. The molecule has 0 aliphatic rings. The minimum atomic E-state index is -0.483. The van der Waals surface area contributed by atoms with Crippen LogP contribution in [0.4, 0.5) is 10.3 Å². The maximum absolute atomic E-state index is 14.0. The van der Waals surface area contributed by atoms with Crippen molar-refractivity contribution >= 4 is 5.88 Å². The largest absolute Gasteiger partial charge is 0.493 e. The third-order valence-electron chi connectivity index (χ3n) is 2.50. The second-order valence-electron chi connectivity index (χ2n) is 4.25. The van der Waals surface area contributed by atoms with Crippen LogP contribution in [0.2, 0.25) is 0 Å². The van der Waals surface area contributed by atoms with Crippen LogP contribution in [0.1, 0.15) is 13.8 Å². The van der Waals surface area contributed by atoms with Gasteiger partial charge in [-0.1, -0.05) is 5.16 Å². The second kappa shape index (κ2) is 5.17. The molecule has 2 aromatic rings. The van der Waals surface area contributed by atoms with Gasteiger partial charge in [-0.2, -0.15) is 0 Å². The standard InChI is InChI=1S/C13H15FN2O3/c1-7(2)18-12-4-8(9-6-16-19-13(9)15)10(14)5-11(12)17-3/h4-7H,15H2,1-3H3. The number of rotatable bonds is 4. The van der Waals surface area contributed by atoms with Gasteiger partial charge in [0.2, 0.25) is 5.88 Å². The van der Waals surface area contributed by atoms with E-state index in [-0.39, 0.29) is 17.6 Å². The molecule has 0 spiro atoms. The van der Waals surface area contributed by atoms with Crippen molar-refractivity contribution in [2.75, 3.05) is 12.8 Å². The van der Waals surface area contributed by atoms with Gasteiger partial charge in [0.15, 0.2) is 11.5 Å². The van der Waals surface area contributed by atoms with Crippen LogP contribution in [0.15, 0.2) is 22.9 Å². The normalized spacial score (nSPS) is 10.8. The molecule has 0 aliphatic heterocycles. The monoisotopic (exact) mass is 266 g/mol. The molecule has 0 radical (unpaired) electrons. The summed E-state index contributed by atoms with van der Waals surface area (Å²) >= 11 is 0. The number of methoxy groups -OCH3 is 1. The van der Waals surface area contributed by atoms with Gasteiger partial charge >= 0.3 is 0 Å². The highest BCUT2D eigenvalue weighted by molar-refractivity contribution is 5.74. The summed E-state index contributed by atoms with van der Waals surface area (Å²) < 4.78 is 29.5. The van der Waals surface area contributed by atoms with E-state index in [0.717, 1.165) is 0 Å². The van der Waals surface area contributed by atoms with Crippen LogP contribution < -0.4 is 15.2 Å². The second-order valence-corrected chi connectivity index (χ2v) is 4.25. The SMILES string of the molecule is COc1cc(F)c(-c2cnoc2N)cc1OC(C)C. The lowest BCUT2D eigenvalue weighted by Gasteiger charge is -2.15. The summed E-state index contributed by atoms with van der Waals surface area (Å²) in [6.07, 6.45) is 1.30. The summed E-state index contributed by atoms with van der Waals surface area (Å²) in [6.45, 7) is 3.74. The molecule has 2 rings (SSSR count). The maximum atomic E-state index is 14.0. The lowest BCUT2D eigenvalue weighted by molar-refractivity contribution is 0.229. The first-order valence-corrected chi connectivity index (χ1v) is 5.77. The van der Waals surface area contributed by atoms with E-state index >= 15 is 0 Å². The van der Waals surface area contributed by atoms with E-state index in [9.17, 15) is 4.39 Å². The number of hydrogen-bond acceptors (Lipinski definition) is 5. The highest BCUT2D eigenvalue weighted by Crippen LogP contribution is 2.37. The molecular formula is C13H15FN2O3. The average molecular weight is 266 g/mol. The molecule has 0 saturated heterocycles. The van der Waals surface area contributed by atoms with Gasteiger partial charge in [0.05, 0.1) is 25.0 Å². The predicted octanol–water partition coefficient (Wildman–Crippen LogP) is 2.86. The molecule has 0 amide bonds. The molecule has 0 fully saturated rings. The molecule has 0 saturated carbocycles. The molecule has 19 heavy (non-hydrogen) atoms. The molecule has 0 atom stereocenters. The van der Waals surface area contributed by atoms with Crippen molar-refractivity contribution in [3.8, 4) is 22.6 Å². The number of nitrogens with zero attached hydrogens (tertiary/aromatic N) is 1. The summed E-state index contributed by atoms with van der Waals surface area (Å²) in [5, 5.41) is 3.53. The molecule has 0 aliphatic carbocycles. The van der Waals surface area contributed by atoms with Crippen LogP contribution in [0.5, 0.6) is 11.5 Å². The van der Waals surface area contributed by atoms with Gasteiger partial charge in [0.25, 0.3) is 0 Å². The Balaban J connectivity index is 2.53. The molecule has 0 bridgehead atoms. The highest BCUT2D eigenvalue weighted by Gasteiger charge is 2.17. The van der Waals surface area contributed by atoms with Crippen molar-refractivity contribution in [3.05, 3.63) is 24.1 Å². The predicted molar refractivity (Wildman–Crippen MR) is 68.6 cm³/mol. The number of anilines is 1. The van der Waals surface area contributed by atoms with Gasteiger partial charge < -0.3 is 19.7 Å². The average Bonchev–Trinajstić information content (AvgIpc) is 2.76. The first-order valence-electron chi connectivity index (χ1n) is 5.77. The van der Waals surface area contributed by atoms with E-state index in [1.54, 1.807) is 0 Å². The smallest absolute Gasteiger partial charge is 0.230 e. The zero-order valence-electron chi connectivity index (χ0n) is 10.9. The lowest BCUT2D eigenvalue weighted by Crippen LogP contribution is -2.07. The van der Waals surface area contributed by atoms with Gasteiger partial charge in [0, 0.05) is 11.6 Å².